The second kappa shape index (κ2) is 7.74. The molecule has 1 amide bonds. The van der Waals surface area contributed by atoms with Gasteiger partial charge in [0.05, 0.1) is 12.1 Å². The normalized spacial score (nSPS) is 20.6. The van der Waals surface area contributed by atoms with Crippen molar-refractivity contribution in [3.05, 3.63) is 18.5 Å². The molecule has 3 atom stereocenters. The number of nitrogens with one attached hydrogen (secondary N) is 1. The molecule has 1 aromatic rings. The molecule has 124 valence electrons. The van der Waals surface area contributed by atoms with Gasteiger partial charge in [0, 0.05) is 44.6 Å². The molecule has 1 aromatic heterocycles. The van der Waals surface area contributed by atoms with E-state index >= 15 is 0 Å². The third kappa shape index (κ3) is 4.08. The maximum Gasteiger partial charge on any atom is 0.239 e. The summed E-state index contributed by atoms with van der Waals surface area (Å²) < 4.78 is 1.93. The largest absolute Gasteiger partial charge is 0.339 e. The molecule has 22 heavy (non-hydrogen) atoms. The molecule has 2 rings (SSSR count). The lowest BCUT2D eigenvalue weighted by molar-refractivity contribution is -0.135. The zero-order chi connectivity index (χ0) is 16.1. The number of carbonyl (C=O) groups is 1. The van der Waals surface area contributed by atoms with Crippen molar-refractivity contribution in [2.75, 3.05) is 32.7 Å². The average Bonchev–Trinajstić information content (AvgIpc) is 3.07. The number of hydrogen-bond acceptors (Lipinski definition) is 4. The second-order valence-electron chi connectivity index (χ2n) is 6.16. The van der Waals surface area contributed by atoms with Crippen LogP contribution in [0.25, 0.3) is 0 Å². The predicted octanol–water partition coefficient (Wildman–Crippen LogP) is 0.975. The van der Waals surface area contributed by atoms with Gasteiger partial charge in [-0.2, -0.15) is 5.10 Å². The van der Waals surface area contributed by atoms with Gasteiger partial charge in [-0.1, -0.05) is 6.92 Å². The van der Waals surface area contributed by atoms with Gasteiger partial charge in [0.25, 0.3) is 0 Å². The Balaban J connectivity index is 1.83. The molecule has 1 fully saturated rings. The van der Waals surface area contributed by atoms with Gasteiger partial charge >= 0.3 is 0 Å². The van der Waals surface area contributed by atoms with Gasteiger partial charge in [0.15, 0.2) is 0 Å². The van der Waals surface area contributed by atoms with Gasteiger partial charge in [-0.05, 0) is 33.4 Å². The molecular formula is C16H29N5O. The quantitative estimate of drug-likeness (QED) is 0.851. The van der Waals surface area contributed by atoms with Crippen LogP contribution in [-0.2, 0) is 4.79 Å². The summed E-state index contributed by atoms with van der Waals surface area (Å²) in [7, 11) is 0. The van der Waals surface area contributed by atoms with Crippen LogP contribution in [0.1, 0.15) is 33.7 Å². The highest BCUT2D eigenvalue weighted by molar-refractivity contribution is 5.81. The number of rotatable bonds is 6. The summed E-state index contributed by atoms with van der Waals surface area (Å²) in [6.07, 6.45) is 3.74. The Kier molecular flexibility index (Phi) is 5.97. The zero-order valence-electron chi connectivity index (χ0n) is 14.2. The number of hydrogen-bond donors (Lipinski definition) is 1. The van der Waals surface area contributed by atoms with Crippen LogP contribution in [-0.4, -0.2) is 70.3 Å². The minimum Gasteiger partial charge on any atom is -0.339 e. The Bertz CT molecular complexity index is 453. The molecule has 2 heterocycles. The van der Waals surface area contributed by atoms with Crippen LogP contribution < -0.4 is 5.32 Å². The van der Waals surface area contributed by atoms with Crippen LogP contribution in [0.2, 0.25) is 0 Å². The standard InChI is InChI=1S/C16H29N5O/c1-5-19-9-11-20(12-10-19)16(22)14(3)18-13(2)15(4)21-8-6-7-17-21/h6-8,13-15,18H,5,9-12H2,1-4H3/t13-,14+,15+/m1/s1. The molecule has 1 saturated heterocycles. The van der Waals surface area contributed by atoms with E-state index < -0.39 is 0 Å². The molecule has 6 nitrogen and oxygen atoms in total. The van der Waals surface area contributed by atoms with E-state index in [1.807, 2.05) is 28.8 Å². The van der Waals surface area contributed by atoms with Crippen LogP contribution in [0, 0.1) is 0 Å². The first kappa shape index (κ1) is 17.0. The Morgan fingerprint density at radius 2 is 1.91 bits per heavy atom. The molecule has 1 aliphatic rings. The van der Waals surface area contributed by atoms with Crippen molar-refractivity contribution in [3.63, 3.8) is 0 Å². The number of nitrogens with zero attached hydrogens (tertiary/aromatic N) is 4. The first-order valence-electron chi connectivity index (χ1n) is 8.29. The summed E-state index contributed by atoms with van der Waals surface area (Å²) in [5.41, 5.74) is 0. The van der Waals surface area contributed by atoms with Gasteiger partial charge in [0.1, 0.15) is 0 Å². The van der Waals surface area contributed by atoms with E-state index in [1.54, 1.807) is 6.20 Å². The molecular weight excluding hydrogens is 278 g/mol. The lowest BCUT2D eigenvalue weighted by Gasteiger charge is -2.36. The van der Waals surface area contributed by atoms with E-state index in [0.29, 0.717) is 0 Å². The Hall–Kier alpha value is -1.40. The second-order valence-corrected chi connectivity index (χ2v) is 6.16. The summed E-state index contributed by atoms with van der Waals surface area (Å²) in [4.78, 5) is 16.9. The number of amides is 1. The van der Waals surface area contributed by atoms with Crippen LogP contribution in [0.5, 0.6) is 0 Å². The van der Waals surface area contributed by atoms with Crippen molar-refractivity contribution in [2.24, 2.45) is 0 Å². The summed E-state index contributed by atoms with van der Waals surface area (Å²) in [6, 6.07) is 2.14. The van der Waals surface area contributed by atoms with Crippen molar-refractivity contribution in [2.45, 2.75) is 45.8 Å². The summed E-state index contributed by atoms with van der Waals surface area (Å²) in [6.45, 7) is 13.0. The monoisotopic (exact) mass is 307 g/mol. The molecule has 0 aromatic carbocycles. The van der Waals surface area contributed by atoms with Crippen molar-refractivity contribution in [1.29, 1.82) is 0 Å². The van der Waals surface area contributed by atoms with Crippen LogP contribution in [0.3, 0.4) is 0 Å². The minimum atomic E-state index is -0.166. The van der Waals surface area contributed by atoms with E-state index in [4.69, 9.17) is 0 Å². The van der Waals surface area contributed by atoms with Gasteiger partial charge < -0.3 is 15.1 Å². The zero-order valence-corrected chi connectivity index (χ0v) is 14.2. The first-order chi connectivity index (χ1) is 10.5. The van der Waals surface area contributed by atoms with Gasteiger partial charge in [-0.3, -0.25) is 9.48 Å². The fourth-order valence-corrected chi connectivity index (χ4v) is 2.91. The number of likely N-dealkylation sites (N-methyl/N-ethyl adjacent to an activating group) is 1. The maximum absolute atomic E-state index is 12.6. The van der Waals surface area contributed by atoms with E-state index in [9.17, 15) is 4.79 Å². The van der Waals surface area contributed by atoms with Gasteiger partial charge in [-0.25, -0.2) is 0 Å². The molecule has 1 N–H and O–H groups in total. The Morgan fingerprint density at radius 1 is 1.23 bits per heavy atom. The summed E-state index contributed by atoms with van der Waals surface area (Å²) in [5, 5.41) is 7.70. The van der Waals surface area contributed by atoms with Gasteiger partial charge in [-0.15, -0.1) is 0 Å². The number of carbonyl (C=O) groups excluding carboxylic acids is 1. The smallest absolute Gasteiger partial charge is 0.239 e. The molecule has 0 aliphatic carbocycles. The fourth-order valence-electron chi connectivity index (χ4n) is 2.91. The highest BCUT2D eigenvalue weighted by atomic mass is 16.2. The molecule has 0 unspecified atom stereocenters. The maximum atomic E-state index is 12.6. The van der Waals surface area contributed by atoms with Crippen molar-refractivity contribution in [3.8, 4) is 0 Å². The SMILES string of the molecule is CCN1CCN(C(=O)[C@H](C)N[C@H](C)[C@H](C)n2cccn2)CC1. The molecule has 0 bridgehead atoms. The average molecular weight is 307 g/mol. The molecule has 6 heteroatoms. The Labute approximate surface area is 133 Å². The van der Waals surface area contributed by atoms with Crippen molar-refractivity contribution in [1.82, 2.24) is 24.9 Å². The fraction of sp³-hybridized carbons (Fsp3) is 0.750. The summed E-state index contributed by atoms with van der Waals surface area (Å²) in [5.74, 6) is 0.204. The number of aromatic nitrogens is 2. The number of piperazine rings is 1. The van der Waals surface area contributed by atoms with E-state index in [1.165, 1.54) is 0 Å². The lowest BCUT2D eigenvalue weighted by Crippen LogP contribution is -2.55. The minimum absolute atomic E-state index is 0.166. The van der Waals surface area contributed by atoms with E-state index in [0.717, 1.165) is 32.7 Å². The van der Waals surface area contributed by atoms with E-state index in [-0.39, 0.29) is 24.0 Å². The molecule has 0 radical (unpaired) electrons. The highest BCUT2D eigenvalue weighted by Crippen LogP contribution is 2.11. The third-order valence-electron chi connectivity index (χ3n) is 4.68. The highest BCUT2D eigenvalue weighted by Gasteiger charge is 2.26. The van der Waals surface area contributed by atoms with Crippen molar-refractivity contribution >= 4 is 5.91 Å². The first-order valence-corrected chi connectivity index (χ1v) is 8.29. The molecule has 0 saturated carbocycles. The van der Waals surface area contributed by atoms with Crippen LogP contribution >= 0.6 is 0 Å². The lowest BCUT2D eigenvalue weighted by atomic mass is 10.1. The Morgan fingerprint density at radius 3 is 2.45 bits per heavy atom. The molecule has 1 aliphatic heterocycles. The van der Waals surface area contributed by atoms with Crippen LogP contribution in [0.4, 0.5) is 0 Å². The predicted molar refractivity (Wildman–Crippen MR) is 87.7 cm³/mol. The van der Waals surface area contributed by atoms with E-state index in [2.05, 4.69) is 36.1 Å². The third-order valence-corrected chi connectivity index (χ3v) is 4.68. The topological polar surface area (TPSA) is 53.4 Å². The van der Waals surface area contributed by atoms with Crippen molar-refractivity contribution < 1.29 is 4.79 Å². The van der Waals surface area contributed by atoms with Crippen LogP contribution in [0.15, 0.2) is 18.5 Å². The summed E-state index contributed by atoms with van der Waals surface area (Å²) >= 11 is 0. The molecule has 0 spiro atoms. The van der Waals surface area contributed by atoms with Gasteiger partial charge in [0.2, 0.25) is 5.91 Å².